The van der Waals surface area contributed by atoms with Crippen LogP contribution in [0.5, 0.6) is 0 Å². The number of aromatic nitrogens is 5. The number of rotatable bonds is 7. The van der Waals surface area contributed by atoms with Gasteiger partial charge in [0.2, 0.25) is 0 Å². The number of anilines is 1. The lowest BCUT2D eigenvalue weighted by Gasteiger charge is -2.08. The van der Waals surface area contributed by atoms with Crippen molar-refractivity contribution in [1.82, 2.24) is 24.7 Å². The van der Waals surface area contributed by atoms with Gasteiger partial charge >= 0.3 is 5.69 Å². The zero-order chi connectivity index (χ0) is 23.7. The SMILES string of the molecule is Cc1nn(Cc2cccc(Cl)c2)c(C)c1NC(=O)c1noc(C)c1Cn1cc([N+](=O)[O-])cn1. The van der Waals surface area contributed by atoms with Crippen LogP contribution in [-0.4, -0.2) is 35.5 Å². The number of hydrogen-bond donors (Lipinski definition) is 1. The number of amides is 1. The molecule has 1 amide bonds. The van der Waals surface area contributed by atoms with Crippen LogP contribution in [0, 0.1) is 30.9 Å². The van der Waals surface area contributed by atoms with Crippen LogP contribution in [0.2, 0.25) is 5.02 Å². The molecule has 0 fully saturated rings. The van der Waals surface area contributed by atoms with E-state index in [-0.39, 0.29) is 17.9 Å². The van der Waals surface area contributed by atoms with Crippen molar-refractivity contribution in [3.63, 3.8) is 0 Å². The van der Waals surface area contributed by atoms with E-state index in [0.29, 0.717) is 34.3 Å². The normalized spacial score (nSPS) is 11.0. The summed E-state index contributed by atoms with van der Waals surface area (Å²) in [6.07, 6.45) is 2.42. The van der Waals surface area contributed by atoms with E-state index in [1.54, 1.807) is 24.6 Å². The molecule has 3 aromatic heterocycles. The van der Waals surface area contributed by atoms with Crippen molar-refractivity contribution in [1.29, 1.82) is 0 Å². The number of benzene rings is 1. The third-order valence-corrected chi connectivity index (χ3v) is 5.43. The van der Waals surface area contributed by atoms with Crippen molar-refractivity contribution in [2.45, 2.75) is 33.9 Å². The molecule has 1 N–H and O–H groups in total. The van der Waals surface area contributed by atoms with E-state index in [9.17, 15) is 14.9 Å². The highest BCUT2D eigenvalue weighted by molar-refractivity contribution is 6.30. The summed E-state index contributed by atoms with van der Waals surface area (Å²) in [6, 6.07) is 7.48. The van der Waals surface area contributed by atoms with Gasteiger partial charge in [0.1, 0.15) is 18.2 Å². The second-order valence-corrected chi connectivity index (χ2v) is 7.94. The molecule has 4 rings (SSSR count). The molecule has 170 valence electrons. The van der Waals surface area contributed by atoms with Crippen molar-refractivity contribution in [2.75, 3.05) is 5.32 Å². The Morgan fingerprint density at radius 2 is 2.06 bits per heavy atom. The summed E-state index contributed by atoms with van der Waals surface area (Å²) in [7, 11) is 0. The minimum absolute atomic E-state index is 0.0760. The lowest BCUT2D eigenvalue weighted by atomic mass is 10.1. The van der Waals surface area contributed by atoms with Gasteiger partial charge in [0.15, 0.2) is 5.69 Å². The standard InChI is InChI=1S/C21H20ClN7O4/c1-12-19(13(2)28(25-12)9-15-5-4-6-16(22)7-15)24-21(30)20-18(14(3)33-26-20)11-27-10-17(8-23-27)29(31)32/h4-8,10H,9,11H2,1-3H3,(H,24,30). The lowest BCUT2D eigenvalue weighted by Crippen LogP contribution is -2.17. The molecule has 12 heteroatoms. The first kappa shape index (κ1) is 22.2. The Bertz CT molecular complexity index is 1350. The monoisotopic (exact) mass is 469 g/mol. The average Bonchev–Trinajstić information content (AvgIpc) is 3.44. The second-order valence-electron chi connectivity index (χ2n) is 7.51. The fraction of sp³-hybridized carbons (Fsp3) is 0.238. The first-order valence-electron chi connectivity index (χ1n) is 9.94. The van der Waals surface area contributed by atoms with Crippen LogP contribution in [-0.2, 0) is 13.1 Å². The maximum absolute atomic E-state index is 13.0. The Morgan fingerprint density at radius 1 is 1.27 bits per heavy atom. The number of carbonyl (C=O) groups is 1. The summed E-state index contributed by atoms with van der Waals surface area (Å²) in [5, 5.41) is 26.8. The number of aryl methyl sites for hydroxylation is 2. The zero-order valence-electron chi connectivity index (χ0n) is 18.1. The number of halogens is 1. The molecule has 1 aromatic carbocycles. The average molecular weight is 470 g/mol. The van der Waals surface area contributed by atoms with E-state index in [0.717, 1.165) is 17.5 Å². The molecule has 4 aromatic rings. The maximum Gasteiger partial charge on any atom is 0.307 e. The highest BCUT2D eigenvalue weighted by Gasteiger charge is 2.23. The minimum Gasteiger partial charge on any atom is -0.361 e. The summed E-state index contributed by atoms with van der Waals surface area (Å²) in [6.45, 7) is 5.91. The Hall–Kier alpha value is -3.99. The zero-order valence-corrected chi connectivity index (χ0v) is 18.8. The minimum atomic E-state index is -0.538. The topological polar surface area (TPSA) is 134 Å². The first-order valence-corrected chi connectivity index (χ1v) is 10.3. The van der Waals surface area contributed by atoms with E-state index in [1.807, 2.05) is 25.1 Å². The fourth-order valence-electron chi connectivity index (χ4n) is 3.46. The van der Waals surface area contributed by atoms with Crippen molar-refractivity contribution in [3.8, 4) is 0 Å². The molecule has 0 atom stereocenters. The highest BCUT2D eigenvalue weighted by Crippen LogP contribution is 2.24. The molecule has 0 unspecified atom stereocenters. The van der Waals surface area contributed by atoms with E-state index < -0.39 is 10.8 Å². The molecule has 0 aliphatic heterocycles. The summed E-state index contributed by atoms with van der Waals surface area (Å²) in [5.41, 5.74) is 3.38. The van der Waals surface area contributed by atoms with E-state index in [1.165, 1.54) is 10.9 Å². The number of nitrogens with one attached hydrogen (secondary N) is 1. The molecule has 0 aliphatic carbocycles. The largest absolute Gasteiger partial charge is 0.361 e. The van der Waals surface area contributed by atoms with Crippen LogP contribution in [0.4, 0.5) is 11.4 Å². The van der Waals surface area contributed by atoms with Crippen LogP contribution in [0.3, 0.4) is 0 Å². The lowest BCUT2D eigenvalue weighted by molar-refractivity contribution is -0.385. The molecule has 11 nitrogen and oxygen atoms in total. The van der Waals surface area contributed by atoms with Gasteiger partial charge in [0, 0.05) is 10.6 Å². The van der Waals surface area contributed by atoms with Gasteiger partial charge in [-0.05, 0) is 38.5 Å². The summed E-state index contributed by atoms with van der Waals surface area (Å²) >= 11 is 6.07. The number of nitrogens with zero attached hydrogens (tertiary/aromatic N) is 6. The van der Waals surface area contributed by atoms with Crippen LogP contribution in [0.25, 0.3) is 0 Å². The fourth-order valence-corrected chi connectivity index (χ4v) is 3.68. The summed E-state index contributed by atoms with van der Waals surface area (Å²) in [4.78, 5) is 23.4. The molecule has 0 spiro atoms. The van der Waals surface area contributed by atoms with E-state index in [4.69, 9.17) is 16.1 Å². The molecule has 0 aliphatic rings. The van der Waals surface area contributed by atoms with Gasteiger partial charge < -0.3 is 9.84 Å². The summed E-state index contributed by atoms with van der Waals surface area (Å²) in [5.74, 6) is -0.0552. The number of nitro groups is 1. The van der Waals surface area contributed by atoms with Crippen molar-refractivity contribution in [3.05, 3.63) is 85.8 Å². The predicted octanol–water partition coefficient (Wildman–Crippen LogP) is 3.90. The van der Waals surface area contributed by atoms with E-state index >= 15 is 0 Å². The van der Waals surface area contributed by atoms with Crippen molar-refractivity contribution in [2.24, 2.45) is 0 Å². The van der Waals surface area contributed by atoms with Crippen molar-refractivity contribution < 1.29 is 14.2 Å². The van der Waals surface area contributed by atoms with Gasteiger partial charge in [0.05, 0.1) is 35.1 Å². The molecule has 3 heterocycles. The highest BCUT2D eigenvalue weighted by atomic mass is 35.5. The van der Waals surface area contributed by atoms with Crippen LogP contribution in [0.15, 0.2) is 41.2 Å². The molecule has 0 saturated heterocycles. The molecule has 0 saturated carbocycles. The third kappa shape index (κ3) is 4.62. The van der Waals surface area contributed by atoms with E-state index in [2.05, 4.69) is 20.7 Å². The molecule has 33 heavy (non-hydrogen) atoms. The maximum atomic E-state index is 13.0. The van der Waals surface area contributed by atoms with Crippen LogP contribution < -0.4 is 5.32 Å². The predicted molar refractivity (Wildman–Crippen MR) is 119 cm³/mol. The van der Waals surface area contributed by atoms with Gasteiger partial charge in [-0.3, -0.25) is 24.3 Å². The van der Waals surface area contributed by atoms with Crippen molar-refractivity contribution >= 4 is 28.9 Å². The van der Waals surface area contributed by atoms with Crippen LogP contribution >= 0.6 is 11.6 Å². The van der Waals surface area contributed by atoms with Gasteiger partial charge in [-0.25, -0.2) is 0 Å². The van der Waals surface area contributed by atoms with Gasteiger partial charge in [0.25, 0.3) is 5.91 Å². The number of carbonyl (C=O) groups excluding carboxylic acids is 1. The second kappa shape index (κ2) is 8.87. The molecule has 0 bridgehead atoms. The molecular formula is C21H20ClN7O4. The summed E-state index contributed by atoms with van der Waals surface area (Å²) < 4.78 is 8.36. The number of hydrogen-bond acceptors (Lipinski definition) is 7. The Balaban J connectivity index is 1.55. The Labute approximate surface area is 193 Å². The third-order valence-electron chi connectivity index (χ3n) is 5.19. The molecule has 0 radical (unpaired) electrons. The smallest absolute Gasteiger partial charge is 0.307 e. The van der Waals surface area contributed by atoms with Gasteiger partial charge in [-0.15, -0.1) is 0 Å². The first-order chi connectivity index (χ1) is 15.7. The molecular weight excluding hydrogens is 450 g/mol. The van der Waals surface area contributed by atoms with Gasteiger partial charge in [-0.2, -0.15) is 10.2 Å². The Kier molecular flexibility index (Phi) is 5.97. The quantitative estimate of drug-likeness (QED) is 0.320. The van der Waals surface area contributed by atoms with Gasteiger partial charge in [-0.1, -0.05) is 28.9 Å². The Morgan fingerprint density at radius 3 is 2.76 bits per heavy atom. The van der Waals surface area contributed by atoms with Crippen LogP contribution in [0.1, 0.15) is 38.8 Å².